The minimum Gasteiger partial charge on any atom is -0.444 e. The fourth-order valence-corrected chi connectivity index (χ4v) is 7.07. The summed E-state index contributed by atoms with van der Waals surface area (Å²) in [5, 5.41) is 1.93. The lowest BCUT2D eigenvalue weighted by Crippen LogP contribution is -2.53. The second-order valence-electron chi connectivity index (χ2n) is 10.4. The van der Waals surface area contributed by atoms with Gasteiger partial charge in [0.1, 0.15) is 12.2 Å². The van der Waals surface area contributed by atoms with Gasteiger partial charge in [0, 0.05) is 31.9 Å². The Bertz CT molecular complexity index is 1160. The van der Waals surface area contributed by atoms with Crippen LogP contribution in [-0.2, 0) is 35.0 Å². The molecule has 5 atom stereocenters. The van der Waals surface area contributed by atoms with E-state index in [1.54, 1.807) is 18.2 Å². The molecule has 2 unspecified atom stereocenters. The topological polar surface area (TPSA) is 157 Å². The smallest absolute Gasteiger partial charge is 0.407 e. The van der Waals surface area contributed by atoms with Crippen LogP contribution < -0.4 is 11.1 Å². The van der Waals surface area contributed by atoms with Crippen LogP contribution in [0.25, 0.3) is 0 Å². The number of amides is 1. The van der Waals surface area contributed by atoms with Gasteiger partial charge in [0.25, 0.3) is 0 Å². The van der Waals surface area contributed by atoms with Crippen molar-refractivity contribution in [3.63, 3.8) is 0 Å². The molecule has 1 fully saturated rings. The Hall–Kier alpha value is -2.21. The van der Waals surface area contributed by atoms with E-state index in [-0.39, 0.29) is 38.5 Å². The Morgan fingerprint density at radius 1 is 1.28 bits per heavy atom. The molecule has 1 saturated heterocycles. The van der Waals surface area contributed by atoms with Crippen LogP contribution in [0.15, 0.2) is 54.3 Å². The number of hydrogen-bond acceptors (Lipinski definition) is 8. The number of nitrogens with two attached hydrogens (primary N) is 1. The highest BCUT2D eigenvalue weighted by atomic mass is 32.2. The lowest BCUT2D eigenvalue weighted by atomic mass is 10.0. The molecule has 1 heterocycles. The average molecular weight is 586 g/mol. The molecule has 13 heteroatoms. The molecule has 0 spiro atoms. The predicted molar refractivity (Wildman–Crippen MR) is 149 cm³/mol. The van der Waals surface area contributed by atoms with E-state index in [1.807, 2.05) is 44.2 Å². The lowest BCUT2D eigenvalue weighted by Gasteiger charge is -2.35. The van der Waals surface area contributed by atoms with Gasteiger partial charge in [-0.25, -0.2) is 13.2 Å². The summed E-state index contributed by atoms with van der Waals surface area (Å²) in [6.07, 6.45) is 3.42. The number of benzene rings is 1. The van der Waals surface area contributed by atoms with E-state index in [4.69, 9.17) is 19.7 Å². The van der Waals surface area contributed by atoms with Crippen molar-refractivity contribution in [3.05, 3.63) is 59.8 Å². The number of nitrogens with zero attached hydrogens (tertiary/aromatic N) is 1. The van der Waals surface area contributed by atoms with Crippen LogP contribution in [0.5, 0.6) is 0 Å². The third-order valence-corrected chi connectivity index (χ3v) is 9.12. The number of nitrogens with one attached hydrogen (secondary N) is 1. The maximum absolute atomic E-state index is 13.8. The Morgan fingerprint density at radius 3 is 2.56 bits per heavy atom. The Morgan fingerprint density at radius 2 is 2.00 bits per heavy atom. The lowest BCUT2D eigenvalue weighted by molar-refractivity contribution is 0.0675. The zero-order valence-electron chi connectivity index (χ0n) is 22.6. The van der Waals surface area contributed by atoms with Crippen molar-refractivity contribution in [1.29, 1.82) is 0 Å². The largest absolute Gasteiger partial charge is 0.444 e. The van der Waals surface area contributed by atoms with Gasteiger partial charge in [-0.2, -0.15) is 4.31 Å². The molecule has 11 nitrogen and oxygen atoms in total. The molecule has 218 valence electrons. The summed E-state index contributed by atoms with van der Waals surface area (Å²) in [6.45, 7) is 5.45. The minimum atomic E-state index is -4.11. The van der Waals surface area contributed by atoms with E-state index >= 15 is 0 Å². The number of ether oxygens (including phenoxy) is 2. The van der Waals surface area contributed by atoms with Crippen molar-refractivity contribution in [2.75, 3.05) is 33.0 Å². The van der Waals surface area contributed by atoms with Crippen molar-refractivity contribution in [1.82, 2.24) is 9.62 Å². The van der Waals surface area contributed by atoms with E-state index in [2.05, 4.69) is 5.32 Å². The molecule has 0 radical (unpaired) electrons. The number of rotatable bonds is 13. The van der Waals surface area contributed by atoms with Gasteiger partial charge >= 0.3 is 13.7 Å². The van der Waals surface area contributed by atoms with E-state index in [9.17, 15) is 22.7 Å². The molecule has 4 N–H and O–H groups in total. The summed E-state index contributed by atoms with van der Waals surface area (Å²) >= 11 is 0. The normalized spacial score (nSPS) is 22.8. The molecule has 2 aliphatic rings. The first-order valence-corrected chi connectivity index (χ1v) is 16.6. The zero-order valence-corrected chi connectivity index (χ0v) is 24.4. The maximum Gasteiger partial charge on any atom is 0.407 e. The average Bonchev–Trinajstić information content (AvgIpc) is 3.35. The van der Waals surface area contributed by atoms with Crippen LogP contribution in [0.4, 0.5) is 4.79 Å². The van der Waals surface area contributed by atoms with E-state index in [1.165, 1.54) is 4.31 Å². The zero-order chi connectivity index (χ0) is 28.6. The third kappa shape index (κ3) is 10.0. The Kier molecular flexibility index (Phi) is 11.2. The van der Waals surface area contributed by atoms with Crippen LogP contribution in [0.2, 0.25) is 0 Å². The number of sulfonamides is 1. The van der Waals surface area contributed by atoms with Gasteiger partial charge in [0.05, 0.1) is 24.5 Å². The van der Waals surface area contributed by atoms with Gasteiger partial charge in [0.15, 0.2) is 0 Å². The van der Waals surface area contributed by atoms with Gasteiger partial charge in [-0.3, -0.25) is 4.57 Å². The number of allylic oxidation sites excluding steroid dienone is 2. The highest BCUT2D eigenvalue weighted by Gasteiger charge is 2.38. The molecule has 0 saturated carbocycles. The monoisotopic (exact) mass is 585 g/mol. The summed E-state index contributed by atoms with van der Waals surface area (Å²) in [7, 11) is -8.02. The molecule has 1 aliphatic carbocycles. The second-order valence-corrected chi connectivity index (χ2v) is 14.3. The molecule has 0 aromatic heterocycles. The van der Waals surface area contributed by atoms with Crippen molar-refractivity contribution < 1.29 is 36.7 Å². The SMILES string of the molecule is CC(C)CN(C[C@@H](OP(C)(=O)O)[C@H](Cc1ccccc1)NC(=O)O[C@H]1CCOC1)S(=O)(=O)C1C=CC(N)=CC1. The Labute approximate surface area is 231 Å². The summed E-state index contributed by atoms with van der Waals surface area (Å²) in [6, 6.07) is 8.31. The van der Waals surface area contributed by atoms with Gasteiger partial charge < -0.3 is 29.9 Å². The molecule has 1 aliphatic heterocycles. The van der Waals surface area contributed by atoms with Crippen LogP contribution >= 0.6 is 7.60 Å². The second kappa shape index (κ2) is 13.9. The predicted octanol–water partition coefficient (Wildman–Crippen LogP) is 2.77. The molecule has 1 aromatic carbocycles. The first-order chi connectivity index (χ1) is 18.3. The Balaban J connectivity index is 1.92. The van der Waals surface area contributed by atoms with Gasteiger partial charge in [-0.05, 0) is 30.4 Å². The van der Waals surface area contributed by atoms with Gasteiger partial charge in [-0.15, -0.1) is 0 Å². The van der Waals surface area contributed by atoms with Crippen molar-refractivity contribution in [2.45, 2.75) is 56.6 Å². The van der Waals surface area contributed by atoms with Crippen molar-refractivity contribution >= 4 is 23.7 Å². The molecule has 1 aromatic rings. The molecular formula is C26H40N3O8PS. The standard InChI is InChI=1S/C26H40N3O8PS/c1-19(2)16-29(39(33,34)23-11-9-21(27)10-12-23)17-25(37-38(3,31)32)24(15-20-7-5-4-6-8-20)28-26(30)36-22-13-14-35-18-22/h4-11,19,22-25H,12-18,27H2,1-3H3,(H,28,30)(H,31,32)/t22-,23?,24-,25+/m0/s1. The number of carbonyl (C=O) groups is 1. The quantitative estimate of drug-likeness (QED) is 0.296. The van der Waals surface area contributed by atoms with E-state index in [0.29, 0.717) is 18.7 Å². The highest BCUT2D eigenvalue weighted by Crippen LogP contribution is 2.40. The number of alkyl carbamates (subject to hydrolysis) is 1. The first-order valence-electron chi connectivity index (χ1n) is 13.0. The summed E-state index contributed by atoms with van der Waals surface area (Å²) < 4.78 is 57.7. The van der Waals surface area contributed by atoms with Crippen LogP contribution in [0, 0.1) is 5.92 Å². The molecule has 0 bridgehead atoms. The van der Waals surface area contributed by atoms with Crippen LogP contribution in [0.1, 0.15) is 32.3 Å². The molecule has 1 amide bonds. The summed E-state index contributed by atoms with van der Waals surface area (Å²) in [5.41, 5.74) is 7.10. The molecule has 3 rings (SSSR count). The molecular weight excluding hydrogens is 545 g/mol. The van der Waals surface area contributed by atoms with Crippen LogP contribution in [-0.4, -0.2) is 80.2 Å². The fraction of sp³-hybridized carbons (Fsp3) is 0.577. The maximum atomic E-state index is 13.8. The van der Waals surface area contributed by atoms with Gasteiger partial charge in [0.2, 0.25) is 10.0 Å². The van der Waals surface area contributed by atoms with E-state index in [0.717, 1.165) is 12.2 Å². The van der Waals surface area contributed by atoms with Crippen molar-refractivity contribution in [3.8, 4) is 0 Å². The van der Waals surface area contributed by atoms with Crippen molar-refractivity contribution in [2.24, 2.45) is 11.7 Å². The minimum absolute atomic E-state index is 0.0518. The number of carbonyl (C=O) groups excluding carboxylic acids is 1. The van der Waals surface area contributed by atoms with Crippen LogP contribution in [0.3, 0.4) is 0 Å². The summed E-state index contributed by atoms with van der Waals surface area (Å²) in [4.78, 5) is 23.1. The third-order valence-electron chi connectivity index (χ3n) is 6.33. The highest BCUT2D eigenvalue weighted by molar-refractivity contribution is 7.89. The fourth-order valence-electron chi connectivity index (χ4n) is 4.49. The molecule has 39 heavy (non-hydrogen) atoms. The van der Waals surface area contributed by atoms with Gasteiger partial charge in [-0.1, -0.05) is 56.3 Å². The number of hydrogen-bond donors (Lipinski definition) is 3. The first kappa shape index (κ1) is 31.3. The summed E-state index contributed by atoms with van der Waals surface area (Å²) in [5.74, 6) is -0.0518. The van der Waals surface area contributed by atoms with E-state index < -0.39 is 47.2 Å².